The first-order valence-corrected chi connectivity index (χ1v) is 10.2. The molecule has 30 heavy (non-hydrogen) atoms. The van der Waals surface area contributed by atoms with Crippen molar-refractivity contribution in [1.82, 2.24) is 0 Å². The van der Waals surface area contributed by atoms with Gasteiger partial charge in [0.15, 0.2) is 0 Å². The predicted octanol–water partition coefficient (Wildman–Crippen LogP) is 5.39. The van der Waals surface area contributed by atoms with E-state index in [1.54, 1.807) is 24.3 Å². The highest BCUT2D eigenvalue weighted by Gasteiger charge is 2.39. The standard InChI is InChI=1S/C21H17Cl3N2O4/c1-2-3-10-30-21(29)12-4-6-13(7-5-12)25-18-17(24)19(27)26(20(18)28)14-8-9-15(22)16(23)11-14/h4-9,11,25H,2-3,10H2,1H3. The van der Waals surface area contributed by atoms with Crippen LogP contribution >= 0.6 is 34.8 Å². The second kappa shape index (κ2) is 9.51. The Balaban J connectivity index is 1.74. The van der Waals surface area contributed by atoms with Crippen molar-refractivity contribution < 1.29 is 19.1 Å². The number of imide groups is 1. The molecule has 0 bridgehead atoms. The molecule has 1 N–H and O–H groups in total. The molecule has 6 nitrogen and oxygen atoms in total. The molecule has 2 aromatic carbocycles. The summed E-state index contributed by atoms with van der Waals surface area (Å²) in [5.74, 6) is -1.74. The normalized spacial score (nSPS) is 13.8. The average molecular weight is 468 g/mol. The number of unbranched alkanes of at least 4 members (excludes halogenated alkanes) is 1. The minimum Gasteiger partial charge on any atom is -0.462 e. The number of halogens is 3. The summed E-state index contributed by atoms with van der Waals surface area (Å²) in [5.41, 5.74) is 1.03. The molecular weight excluding hydrogens is 451 g/mol. The number of carbonyl (C=O) groups excluding carboxylic acids is 3. The fraction of sp³-hybridized carbons (Fsp3) is 0.190. The lowest BCUT2D eigenvalue weighted by Gasteiger charge is -2.15. The summed E-state index contributed by atoms with van der Waals surface area (Å²) in [6, 6.07) is 10.7. The maximum Gasteiger partial charge on any atom is 0.338 e. The second-order valence-electron chi connectivity index (χ2n) is 6.42. The Morgan fingerprint density at radius 1 is 1.00 bits per heavy atom. The lowest BCUT2D eigenvalue weighted by Crippen LogP contribution is -2.32. The van der Waals surface area contributed by atoms with E-state index < -0.39 is 17.8 Å². The van der Waals surface area contributed by atoms with Gasteiger partial charge >= 0.3 is 5.97 Å². The summed E-state index contributed by atoms with van der Waals surface area (Å²) in [4.78, 5) is 38.2. The van der Waals surface area contributed by atoms with Gasteiger partial charge in [-0.3, -0.25) is 9.59 Å². The third-order valence-electron chi connectivity index (χ3n) is 4.31. The fourth-order valence-electron chi connectivity index (χ4n) is 2.70. The van der Waals surface area contributed by atoms with Crippen molar-refractivity contribution in [2.45, 2.75) is 19.8 Å². The van der Waals surface area contributed by atoms with Gasteiger partial charge in [0.25, 0.3) is 11.8 Å². The van der Waals surface area contributed by atoms with Gasteiger partial charge in [-0.05, 0) is 48.9 Å². The fourth-order valence-corrected chi connectivity index (χ4v) is 3.20. The maximum atomic E-state index is 12.8. The summed E-state index contributed by atoms with van der Waals surface area (Å²) in [5, 5.41) is 3.08. The van der Waals surface area contributed by atoms with Gasteiger partial charge in [0.1, 0.15) is 10.7 Å². The van der Waals surface area contributed by atoms with Gasteiger partial charge in [-0.2, -0.15) is 0 Å². The summed E-state index contributed by atoms with van der Waals surface area (Å²) < 4.78 is 5.16. The summed E-state index contributed by atoms with van der Waals surface area (Å²) in [6.07, 6.45) is 1.72. The predicted molar refractivity (Wildman–Crippen MR) is 117 cm³/mol. The number of nitrogens with one attached hydrogen (secondary N) is 1. The molecule has 0 spiro atoms. The van der Waals surface area contributed by atoms with Crippen molar-refractivity contribution in [3.63, 3.8) is 0 Å². The van der Waals surface area contributed by atoms with Crippen molar-refractivity contribution in [1.29, 1.82) is 0 Å². The number of hydrogen-bond acceptors (Lipinski definition) is 5. The van der Waals surface area contributed by atoms with Crippen molar-refractivity contribution in [2.75, 3.05) is 16.8 Å². The zero-order valence-corrected chi connectivity index (χ0v) is 18.1. The van der Waals surface area contributed by atoms with Crippen LogP contribution in [0.5, 0.6) is 0 Å². The Kier molecular flexibility index (Phi) is 7.02. The molecule has 0 saturated carbocycles. The van der Waals surface area contributed by atoms with E-state index in [1.165, 1.54) is 18.2 Å². The number of rotatable bonds is 7. The van der Waals surface area contributed by atoms with Crippen molar-refractivity contribution >= 4 is 64.0 Å². The molecule has 1 heterocycles. The van der Waals surface area contributed by atoms with Gasteiger partial charge in [0.05, 0.1) is 27.9 Å². The quantitative estimate of drug-likeness (QED) is 0.336. The Morgan fingerprint density at radius 2 is 1.70 bits per heavy atom. The topological polar surface area (TPSA) is 75.7 Å². The molecule has 9 heteroatoms. The number of hydrogen-bond donors (Lipinski definition) is 1. The van der Waals surface area contributed by atoms with Gasteiger partial charge in [-0.1, -0.05) is 48.1 Å². The largest absolute Gasteiger partial charge is 0.462 e. The van der Waals surface area contributed by atoms with Crippen LogP contribution in [0.1, 0.15) is 30.1 Å². The van der Waals surface area contributed by atoms with E-state index in [9.17, 15) is 14.4 Å². The monoisotopic (exact) mass is 466 g/mol. The van der Waals surface area contributed by atoms with Gasteiger partial charge in [-0.15, -0.1) is 0 Å². The Bertz CT molecular complexity index is 1040. The van der Waals surface area contributed by atoms with Crippen LogP contribution in [-0.4, -0.2) is 24.4 Å². The molecule has 0 fully saturated rings. The van der Waals surface area contributed by atoms with E-state index in [-0.39, 0.29) is 21.4 Å². The highest BCUT2D eigenvalue weighted by atomic mass is 35.5. The van der Waals surface area contributed by atoms with E-state index in [2.05, 4.69) is 5.32 Å². The smallest absolute Gasteiger partial charge is 0.338 e. The Morgan fingerprint density at radius 3 is 2.33 bits per heavy atom. The molecule has 1 aliphatic rings. The van der Waals surface area contributed by atoms with Crippen LogP contribution in [0.2, 0.25) is 10.0 Å². The first kappa shape index (κ1) is 22.2. The molecule has 0 atom stereocenters. The van der Waals surface area contributed by atoms with Crippen LogP contribution in [0.3, 0.4) is 0 Å². The molecule has 0 saturated heterocycles. The van der Waals surface area contributed by atoms with Crippen LogP contribution in [0.15, 0.2) is 53.2 Å². The zero-order valence-electron chi connectivity index (χ0n) is 15.9. The van der Waals surface area contributed by atoms with E-state index in [1.807, 2.05) is 6.92 Å². The van der Waals surface area contributed by atoms with E-state index >= 15 is 0 Å². The molecule has 1 aliphatic heterocycles. The van der Waals surface area contributed by atoms with Crippen LogP contribution in [-0.2, 0) is 14.3 Å². The van der Waals surface area contributed by atoms with Gasteiger partial charge in [0.2, 0.25) is 0 Å². The molecule has 0 radical (unpaired) electrons. The zero-order chi connectivity index (χ0) is 21.8. The minimum atomic E-state index is -0.682. The molecule has 0 unspecified atom stereocenters. The van der Waals surface area contributed by atoms with Crippen LogP contribution in [0.25, 0.3) is 0 Å². The number of ether oxygens (including phenoxy) is 1. The van der Waals surface area contributed by atoms with Gasteiger partial charge < -0.3 is 10.1 Å². The van der Waals surface area contributed by atoms with Gasteiger partial charge in [-0.25, -0.2) is 9.69 Å². The molecule has 2 amide bonds. The number of carbonyl (C=O) groups is 3. The molecule has 0 aliphatic carbocycles. The number of amides is 2. The van der Waals surface area contributed by atoms with E-state index in [0.29, 0.717) is 22.9 Å². The third-order valence-corrected chi connectivity index (χ3v) is 5.40. The van der Waals surface area contributed by atoms with Crippen LogP contribution in [0, 0.1) is 0 Å². The first-order valence-electron chi connectivity index (χ1n) is 9.11. The number of anilines is 2. The van der Waals surface area contributed by atoms with Crippen LogP contribution < -0.4 is 10.2 Å². The highest BCUT2D eigenvalue weighted by molar-refractivity contribution is 6.53. The van der Waals surface area contributed by atoms with Crippen molar-refractivity contribution in [2.24, 2.45) is 0 Å². The SMILES string of the molecule is CCCCOC(=O)c1ccc(NC2=C(Cl)C(=O)N(c3ccc(Cl)c(Cl)c3)C2=O)cc1. The van der Waals surface area contributed by atoms with Crippen molar-refractivity contribution in [3.8, 4) is 0 Å². The highest BCUT2D eigenvalue weighted by Crippen LogP contribution is 2.33. The van der Waals surface area contributed by atoms with Crippen molar-refractivity contribution in [3.05, 3.63) is 68.8 Å². The molecule has 2 aromatic rings. The number of benzene rings is 2. The lowest BCUT2D eigenvalue weighted by molar-refractivity contribution is -0.120. The minimum absolute atomic E-state index is 0.0778. The molecule has 0 aromatic heterocycles. The number of esters is 1. The van der Waals surface area contributed by atoms with E-state index in [0.717, 1.165) is 17.7 Å². The maximum absolute atomic E-state index is 12.8. The lowest BCUT2D eigenvalue weighted by atomic mass is 10.2. The molecule has 156 valence electrons. The average Bonchev–Trinajstić information content (AvgIpc) is 2.94. The molecular formula is C21H17Cl3N2O4. The third kappa shape index (κ3) is 4.61. The summed E-state index contributed by atoms with van der Waals surface area (Å²) in [7, 11) is 0. The van der Waals surface area contributed by atoms with Crippen LogP contribution in [0.4, 0.5) is 11.4 Å². The van der Waals surface area contributed by atoms with Gasteiger partial charge in [0, 0.05) is 5.69 Å². The molecule has 3 rings (SSSR count). The Hall–Kier alpha value is -2.54. The Labute approximate surface area is 188 Å². The first-order chi connectivity index (χ1) is 14.3. The second-order valence-corrected chi connectivity index (χ2v) is 7.62. The van der Waals surface area contributed by atoms with E-state index in [4.69, 9.17) is 39.5 Å². The summed E-state index contributed by atoms with van der Waals surface area (Å²) >= 11 is 18.0. The number of nitrogens with zero attached hydrogens (tertiary/aromatic N) is 1. The summed E-state index contributed by atoms with van der Waals surface area (Å²) in [6.45, 7) is 2.37.